The Hall–Kier alpha value is -3.38. The highest BCUT2D eigenvalue weighted by Gasteiger charge is 2.34. The molecule has 3 aromatic rings. The Labute approximate surface area is 200 Å². The van der Waals surface area contributed by atoms with Crippen LogP contribution in [0.15, 0.2) is 60.7 Å². The second kappa shape index (κ2) is 10.3. The molecule has 178 valence electrons. The third-order valence-corrected chi connectivity index (χ3v) is 6.47. The third kappa shape index (κ3) is 5.07. The van der Waals surface area contributed by atoms with Crippen molar-refractivity contribution in [2.75, 3.05) is 20.8 Å². The van der Waals surface area contributed by atoms with Crippen molar-refractivity contribution in [1.29, 1.82) is 0 Å². The fourth-order valence-electron chi connectivity index (χ4n) is 4.69. The van der Waals surface area contributed by atoms with E-state index >= 15 is 0 Å². The summed E-state index contributed by atoms with van der Waals surface area (Å²) in [4.78, 5) is 15.4. The standard InChI is InChI=1S/C28H31FN2O3/c1-18-5-9-21(10-6-18)28(32)30-19(2)27-24-16-26(34-4)25(33-3)15-22(24)13-14-31(27)17-20-7-11-23(29)12-8-20/h5-12,15-16,19,27H,13-14,17H2,1-4H3,(H,30,32). The van der Waals surface area contributed by atoms with Crippen LogP contribution in [-0.2, 0) is 13.0 Å². The molecule has 1 aliphatic heterocycles. The van der Waals surface area contributed by atoms with Gasteiger partial charge >= 0.3 is 0 Å². The number of rotatable bonds is 7. The van der Waals surface area contributed by atoms with Crippen molar-refractivity contribution in [2.24, 2.45) is 0 Å². The predicted molar refractivity (Wildman–Crippen MR) is 131 cm³/mol. The van der Waals surface area contributed by atoms with Gasteiger partial charge in [0, 0.05) is 24.7 Å². The molecular weight excluding hydrogens is 431 g/mol. The summed E-state index contributed by atoms with van der Waals surface area (Å²) in [5.74, 6) is 0.997. The van der Waals surface area contributed by atoms with Crippen molar-refractivity contribution in [2.45, 2.75) is 38.9 Å². The maximum atomic E-state index is 13.5. The van der Waals surface area contributed by atoms with E-state index in [-0.39, 0.29) is 23.8 Å². The topological polar surface area (TPSA) is 50.8 Å². The van der Waals surface area contributed by atoms with Gasteiger partial charge < -0.3 is 14.8 Å². The summed E-state index contributed by atoms with van der Waals surface area (Å²) in [5, 5.41) is 3.20. The number of hydrogen-bond acceptors (Lipinski definition) is 4. The second-order valence-corrected chi connectivity index (χ2v) is 8.83. The number of hydrogen-bond donors (Lipinski definition) is 1. The molecule has 1 aliphatic rings. The van der Waals surface area contributed by atoms with Gasteiger partial charge in [-0.15, -0.1) is 0 Å². The van der Waals surface area contributed by atoms with Gasteiger partial charge in [0.2, 0.25) is 0 Å². The van der Waals surface area contributed by atoms with Crippen molar-refractivity contribution < 1.29 is 18.7 Å². The van der Waals surface area contributed by atoms with Gasteiger partial charge in [-0.3, -0.25) is 9.69 Å². The molecule has 2 atom stereocenters. The quantitative estimate of drug-likeness (QED) is 0.533. The predicted octanol–water partition coefficient (Wildman–Crippen LogP) is 5.07. The van der Waals surface area contributed by atoms with Gasteiger partial charge in [-0.2, -0.15) is 0 Å². The molecule has 34 heavy (non-hydrogen) atoms. The molecule has 2 unspecified atom stereocenters. The zero-order valence-corrected chi connectivity index (χ0v) is 20.1. The Bertz CT molecular complexity index is 1150. The Kier molecular flexibility index (Phi) is 7.17. The van der Waals surface area contributed by atoms with Gasteiger partial charge in [-0.1, -0.05) is 29.8 Å². The lowest BCUT2D eigenvalue weighted by Gasteiger charge is -2.41. The van der Waals surface area contributed by atoms with Gasteiger partial charge in [0.15, 0.2) is 11.5 Å². The van der Waals surface area contributed by atoms with Crippen LogP contribution in [0, 0.1) is 12.7 Å². The molecule has 6 heteroatoms. The van der Waals surface area contributed by atoms with Crippen LogP contribution < -0.4 is 14.8 Å². The van der Waals surface area contributed by atoms with Crippen LogP contribution in [0.5, 0.6) is 11.5 Å². The van der Waals surface area contributed by atoms with Crippen LogP contribution in [0.1, 0.15) is 45.6 Å². The first kappa shape index (κ1) is 23.8. The van der Waals surface area contributed by atoms with Crippen molar-refractivity contribution in [3.05, 3.63) is 94.3 Å². The Morgan fingerprint density at radius 1 is 1.06 bits per heavy atom. The van der Waals surface area contributed by atoms with Crippen molar-refractivity contribution in [3.8, 4) is 11.5 Å². The van der Waals surface area contributed by atoms with Crippen LogP contribution in [0.4, 0.5) is 4.39 Å². The molecule has 0 bridgehead atoms. The molecular formula is C28H31FN2O3. The van der Waals surface area contributed by atoms with Gasteiger partial charge in [-0.05, 0) is 73.4 Å². The smallest absolute Gasteiger partial charge is 0.251 e. The Morgan fingerprint density at radius 2 is 1.71 bits per heavy atom. The maximum absolute atomic E-state index is 13.5. The number of fused-ring (bicyclic) bond motifs is 1. The Balaban J connectivity index is 1.67. The van der Waals surface area contributed by atoms with Crippen molar-refractivity contribution in [1.82, 2.24) is 10.2 Å². The molecule has 0 saturated heterocycles. The fraction of sp³-hybridized carbons (Fsp3) is 0.321. The van der Waals surface area contributed by atoms with Gasteiger partial charge in [0.05, 0.1) is 20.3 Å². The Morgan fingerprint density at radius 3 is 2.35 bits per heavy atom. The molecule has 0 fully saturated rings. The molecule has 0 aliphatic carbocycles. The molecule has 3 aromatic carbocycles. The van der Waals surface area contributed by atoms with Crippen LogP contribution in [-0.4, -0.2) is 37.6 Å². The lowest BCUT2D eigenvalue weighted by atomic mass is 9.87. The fourth-order valence-corrected chi connectivity index (χ4v) is 4.69. The number of nitrogens with one attached hydrogen (secondary N) is 1. The van der Waals surface area contributed by atoms with E-state index in [1.54, 1.807) is 14.2 Å². The molecule has 0 spiro atoms. The summed E-state index contributed by atoms with van der Waals surface area (Å²) >= 11 is 0. The third-order valence-electron chi connectivity index (χ3n) is 6.47. The number of carbonyl (C=O) groups is 1. The summed E-state index contributed by atoms with van der Waals surface area (Å²) < 4.78 is 24.6. The van der Waals surface area contributed by atoms with E-state index in [0.717, 1.165) is 29.7 Å². The number of aryl methyl sites for hydroxylation is 1. The van der Waals surface area contributed by atoms with Crippen LogP contribution in [0.25, 0.3) is 0 Å². The molecule has 1 amide bonds. The summed E-state index contributed by atoms with van der Waals surface area (Å²) in [6.07, 6.45) is 0.839. The molecule has 5 nitrogen and oxygen atoms in total. The van der Waals surface area contributed by atoms with Gasteiger partial charge in [0.25, 0.3) is 5.91 Å². The summed E-state index contributed by atoms with van der Waals surface area (Å²) in [6.45, 7) is 5.47. The molecule has 0 saturated carbocycles. The van der Waals surface area contributed by atoms with Gasteiger partial charge in [-0.25, -0.2) is 4.39 Å². The number of carbonyl (C=O) groups excluding carboxylic acids is 1. The summed E-state index contributed by atoms with van der Waals surface area (Å²) in [5.41, 5.74) is 5.03. The van der Waals surface area contributed by atoms with Crippen LogP contribution in [0.2, 0.25) is 0 Å². The van der Waals surface area contributed by atoms with E-state index in [1.807, 2.05) is 62.4 Å². The highest BCUT2D eigenvalue weighted by Crippen LogP contribution is 2.40. The minimum absolute atomic E-state index is 0.0944. The van der Waals surface area contributed by atoms with Crippen LogP contribution in [0.3, 0.4) is 0 Å². The minimum Gasteiger partial charge on any atom is -0.493 e. The highest BCUT2D eigenvalue weighted by atomic mass is 19.1. The number of halogens is 1. The van der Waals surface area contributed by atoms with E-state index < -0.39 is 0 Å². The van der Waals surface area contributed by atoms with E-state index in [9.17, 15) is 9.18 Å². The van der Waals surface area contributed by atoms with Crippen molar-refractivity contribution >= 4 is 5.91 Å². The van der Waals surface area contributed by atoms with E-state index in [2.05, 4.69) is 10.2 Å². The first-order valence-corrected chi connectivity index (χ1v) is 11.5. The number of benzene rings is 3. The summed E-state index contributed by atoms with van der Waals surface area (Å²) in [7, 11) is 3.26. The number of amides is 1. The molecule has 1 N–H and O–H groups in total. The first-order valence-electron chi connectivity index (χ1n) is 11.5. The van der Waals surface area contributed by atoms with E-state index in [0.29, 0.717) is 23.6 Å². The first-order chi connectivity index (χ1) is 16.4. The number of ether oxygens (including phenoxy) is 2. The van der Waals surface area contributed by atoms with E-state index in [4.69, 9.17) is 9.47 Å². The number of nitrogens with zero attached hydrogens (tertiary/aromatic N) is 1. The second-order valence-electron chi connectivity index (χ2n) is 8.83. The maximum Gasteiger partial charge on any atom is 0.251 e. The minimum atomic E-state index is -0.250. The SMILES string of the molecule is COc1cc2c(cc1OC)C(C(C)NC(=O)c1ccc(C)cc1)N(Cc1ccc(F)cc1)CC2. The average molecular weight is 463 g/mol. The highest BCUT2D eigenvalue weighted by molar-refractivity contribution is 5.94. The van der Waals surface area contributed by atoms with E-state index in [1.165, 1.54) is 17.7 Å². The van der Waals surface area contributed by atoms with Crippen molar-refractivity contribution in [3.63, 3.8) is 0 Å². The van der Waals surface area contributed by atoms with Crippen LogP contribution >= 0.6 is 0 Å². The molecule has 4 rings (SSSR count). The summed E-state index contributed by atoms with van der Waals surface area (Å²) in [6, 6.07) is 17.9. The molecule has 0 radical (unpaired) electrons. The largest absolute Gasteiger partial charge is 0.493 e. The number of methoxy groups -OCH3 is 2. The average Bonchev–Trinajstić information content (AvgIpc) is 2.84. The zero-order valence-electron chi connectivity index (χ0n) is 20.1. The molecule has 1 heterocycles. The lowest BCUT2D eigenvalue weighted by molar-refractivity contribution is 0.0877. The normalized spacial score (nSPS) is 16.4. The lowest BCUT2D eigenvalue weighted by Crippen LogP contribution is -2.47. The molecule has 0 aromatic heterocycles. The van der Waals surface area contributed by atoms with Gasteiger partial charge in [0.1, 0.15) is 5.82 Å². The monoisotopic (exact) mass is 462 g/mol. The zero-order chi connectivity index (χ0) is 24.2.